The minimum atomic E-state index is 0.444. The molecule has 0 atom stereocenters. The maximum Gasteiger partial charge on any atom is 0.142 e. The van der Waals surface area contributed by atoms with Gasteiger partial charge in [-0.05, 0) is 12.1 Å². The second-order valence-electron chi connectivity index (χ2n) is 4.90. The molecule has 0 saturated carbocycles. The molecule has 0 aliphatic heterocycles. The minimum Gasteiger partial charge on any atom is -0.487 e. The molecule has 1 aromatic carbocycles. The Morgan fingerprint density at radius 3 is 2.75 bits per heavy atom. The Bertz CT molecular complexity index is 558. The maximum atomic E-state index is 5.90. The summed E-state index contributed by atoms with van der Waals surface area (Å²) >= 11 is 3.53. The van der Waals surface area contributed by atoms with E-state index >= 15 is 0 Å². The molecule has 0 fully saturated rings. The van der Waals surface area contributed by atoms with E-state index < -0.39 is 0 Å². The van der Waals surface area contributed by atoms with Gasteiger partial charge in [0.15, 0.2) is 0 Å². The summed E-state index contributed by atoms with van der Waals surface area (Å²) in [5, 5.41) is 3.39. The van der Waals surface area contributed by atoms with Crippen LogP contribution in [0.4, 0.5) is 0 Å². The molecular weight excluding hydrogens is 316 g/mol. The molecule has 4 heteroatoms. The monoisotopic (exact) mass is 334 g/mol. The highest BCUT2D eigenvalue weighted by Crippen LogP contribution is 2.21. The number of hydrogen-bond donors (Lipinski definition) is 1. The van der Waals surface area contributed by atoms with Crippen LogP contribution in [-0.2, 0) is 13.2 Å². The highest BCUT2D eigenvalue weighted by molar-refractivity contribution is 9.10. The Morgan fingerprint density at radius 2 is 2.00 bits per heavy atom. The summed E-state index contributed by atoms with van der Waals surface area (Å²) in [5.74, 6) is 0.830. The average molecular weight is 335 g/mol. The molecule has 0 saturated heterocycles. The van der Waals surface area contributed by atoms with Crippen LogP contribution in [0.2, 0.25) is 0 Å². The third kappa shape index (κ3) is 4.32. The molecule has 0 aliphatic carbocycles. The summed E-state index contributed by atoms with van der Waals surface area (Å²) < 4.78 is 6.96. The first-order valence-corrected chi connectivity index (χ1v) is 7.48. The first-order valence-electron chi connectivity index (χ1n) is 6.69. The van der Waals surface area contributed by atoms with E-state index in [1.54, 1.807) is 12.4 Å². The van der Waals surface area contributed by atoms with Gasteiger partial charge >= 0.3 is 0 Å². The number of pyridine rings is 1. The number of rotatable bonds is 6. The molecule has 1 N–H and O–H groups in total. The van der Waals surface area contributed by atoms with Crippen LogP contribution in [0.5, 0.6) is 5.75 Å². The fourth-order valence-electron chi connectivity index (χ4n) is 1.77. The molecule has 1 heterocycles. The molecular formula is C16H19BrN2O. The van der Waals surface area contributed by atoms with Crippen molar-refractivity contribution in [2.75, 3.05) is 0 Å². The van der Waals surface area contributed by atoms with Gasteiger partial charge in [0.05, 0.1) is 6.20 Å². The number of nitrogens with one attached hydrogen (secondary N) is 1. The predicted octanol–water partition coefficient (Wildman–Crippen LogP) is 3.92. The Balaban J connectivity index is 2.04. The van der Waals surface area contributed by atoms with Gasteiger partial charge in [-0.15, -0.1) is 0 Å². The van der Waals surface area contributed by atoms with Crippen molar-refractivity contribution in [1.29, 1.82) is 0 Å². The van der Waals surface area contributed by atoms with E-state index in [4.69, 9.17) is 4.74 Å². The Labute approximate surface area is 128 Å². The average Bonchev–Trinajstić information content (AvgIpc) is 2.45. The lowest BCUT2D eigenvalue weighted by Gasteiger charge is -2.13. The molecule has 2 aromatic rings. The van der Waals surface area contributed by atoms with Crippen LogP contribution in [0.1, 0.15) is 25.0 Å². The van der Waals surface area contributed by atoms with Crippen LogP contribution in [0.3, 0.4) is 0 Å². The minimum absolute atomic E-state index is 0.444. The molecule has 0 amide bonds. The van der Waals surface area contributed by atoms with Crippen molar-refractivity contribution in [2.45, 2.75) is 33.0 Å². The molecule has 0 unspecified atom stereocenters. The lowest BCUT2D eigenvalue weighted by atomic mass is 10.2. The van der Waals surface area contributed by atoms with Crippen LogP contribution in [0.25, 0.3) is 0 Å². The normalized spacial score (nSPS) is 10.8. The van der Waals surface area contributed by atoms with Crippen molar-refractivity contribution in [3.8, 4) is 5.75 Å². The third-order valence-corrected chi connectivity index (χ3v) is 3.69. The highest BCUT2D eigenvalue weighted by atomic mass is 79.9. The van der Waals surface area contributed by atoms with Crippen molar-refractivity contribution in [3.05, 3.63) is 58.3 Å². The molecule has 2 rings (SSSR count). The van der Waals surface area contributed by atoms with Crippen LogP contribution >= 0.6 is 15.9 Å². The van der Waals surface area contributed by atoms with Crippen LogP contribution in [0, 0.1) is 0 Å². The molecule has 0 radical (unpaired) electrons. The van der Waals surface area contributed by atoms with Gasteiger partial charge in [0.2, 0.25) is 0 Å². The van der Waals surface area contributed by atoms with Crippen molar-refractivity contribution >= 4 is 15.9 Å². The van der Waals surface area contributed by atoms with Crippen LogP contribution in [-0.4, -0.2) is 11.0 Å². The molecule has 1 aromatic heterocycles. The second kappa shape index (κ2) is 7.41. The van der Waals surface area contributed by atoms with E-state index in [1.165, 1.54) is 0 Å². The van der Waals surface area contributed by atoms with Gasteiger partial charge in [0.1, 0.15) is 12.4 Å². The summed E-state index contributed by atoms with van der Waals surface area (Å²) in [7, 11) is 0. The maximum absolute atomic E-state index is 5.90. The Kier molecular flexibility index (Phi) is 5.56. The summed E-state index contributed by atoms with van der Waals surface area (Å²) in [6.07, 6.45) is 3.57. The van der Waals surface area contributed by atoms with Gasteiger partial charge in [0.25, 0.3) is 0 Å². The zero-order chi connectivity index (χ0) is 14.4. The predicted molar refractivity (Wildman–Crippen MR) is 84.7 cm³/mol. The van der Waals surface area contributed by atoms with Crippen molar-refractivity contribution in [1.82, 2.24) is 10.3 Å². The highest BCUT2D eigenvalue weighted by Gasteiger charge is 2.06. The van der Waals surface area contributed by atoms with E-state index in [0.717, 1.165) is 27.9 Å². The van der Waals surface area contributed by atoms with Gasteiger partial charge < -0.3 is 10.1 Å². The van der Waals surface area contributed by atoms with Crippen LogP contribution in [0.15, 0.2) is 47.2 Å². The lowest BCUT2D eigenvalue weighted by molar-refractivity contribution is 0.299. The van der Waals surface area contributed by atoms with Gasteiger partial charge in [-0.2, -0.15) is 0 Å². The van der Waals surface area contributed by atoms with Gasteiger partial charge in [-0.1, -0.05) is 48.0 Å². The summed E-state index contributed by atoms with van der Waals surface area (Å²) in [6.45, 7) is 5.57. The summed E-state index contributed by atoms with van der Waals surface area (Å²) in [5.41, 5.74) is 2.25. The van der Waals surface area contributed by atoms with Gasteiger partial charge in [0, 0.05) is 34.4 Å². The van der Waals surface area contributed by atoms with Crippen molar-refractivity contribution < 1.29 is 4.74 Å². The number of benzene rings is 1. The van der Waals surface area contributed by atoms with Crippen molar-refractivity contribution in [3.63, 3.8) is 0 Å². The SMILES string of the molecule is CC(C)NCc1ccncc1OCc1ccccc1Br. The topological polar surface area (TPSA) is 34.2 Å². The van der Waals surface area contributed by atoms with Gasteiger partial charge in [-0.25, -0.2) is 0 Å². The molecule has 0 bridgehead atoms. The van der Waals surface area contributed by atoms with E-state index in [1.807, 2.05) is 30.3 Å². The summed E-state index contributed by atoms with van der Waals surface area (Å²) in [6, 6.07) is 10.5. The number of halogens is 1. The van der Waals surface area contributed by atoms with E-state index in [-0.39, 0.29) is 0 Å². The number of hydrogen-bond acceptors (Lipinski definition) is 3. The summed E-state index contributed by atoms with van der Waals surface area (Å²) in [4.78, 5) is 4.14. The van der Waals surface area contributed by atoms with E-state index in [2.05, 4.69) is 40.1 Å². The first-order chi connectivity index (χ1) is 9.66. The zero-order valence-corrected chi connectivity index (χ0v) is 13.4. The Morgan fingerprint density at radius 1 is 1.20 bits per heavy atom. The second-order valence-corrected chi connectivity index (χ2v) is 5.75. The van der Waals surface area contributed by atoms with E-state index in [9.17, 15) is 0 Å². The lowest BCUT2D eigenvalue weighted by Crippen LogP contribution is -2.22. The number of nitrogens with zero attached hydrogens (tertiary/aromatic N) is 1. The largest absolute Gasteiger partial charge is 0.487 e. The number of aromatic nitrogens is 1. The first kappa shape index (κ1) is 15.0. The van der Waals surface area contributed by atoms with Crippen LogP contribution < -0.4 is 10.1 Å². The quantitative estimate of drug-likeness (QED) is 0.869. The zero-order valence-electron chi connectivity index (χ0n) is 11.8. The molecule has 3 nitrogen and oxygen atoms in total. The third-order valence-electron chi connectivity index (χ3n) is 2.91. The smallest absolute Gasteiger partial charge is 0.142 e. The number of ether oxygens (including phenoxy) is 1. The molecule has 106 valence electrons. The van der Waals surface area contributed by atoms with Crippen molar-refractivity contribution in [2.24, 2.45) is 0 Å². The molecule has 20 heavy (non-hydrogen) atoms. The van der Waals surface area contributed by atoms with Gasteiger partial charge in [-0.3, -0.25) is 4.98 Å². The molecule has 0 aliphatic rings. The molecule has 0 spiro atoms. The Hall–Kier alpha value is -1.39. The fourth-order valence-corrected chi connectivity index (χ4v) is 2.17. The standard InChI is InChI=1S/C16H19BrN2O/c1-12(2)19-9-13-7-8-18-10-16(13)20-11-14-5-3-4-6-15(14)17/h3-8,10,12,19H,9,11H2,1-2H3. The fraction of sp³-hybridized carbons (Fsp3) is 0.312. The van der Waals surface area contributed by atoms with E-state index in [0.29, 0.717) is 12.6 Å².